The maximum atomic E-state index is 11.7. The first-order valence-corrected chi connectivity index (χ1v) is 9.86. The molecule has 12 heteroatoms. The SMILES string of the molecule is O=C(O)N[C@H]1CCCN(c2nc3nc(N4CCOCC4)sc3cc2[N+](=O)[O-])C1. The van der Waals surface area contributed by atoms with Crippen LogP contribution < -0.4 is 15.1 Å². The van der Waals surface area contributed by atoms with Gasteiger partial charge in [0.15, 0.2) is 10.8 Å². The summed E-state index contributed by atoms with van der Waals surface area (Å²) in [6.45, 7) is 3.62. The number of piperidine rings is 1. The molecule has 4 rings (SSSR count). The lowest BCUT2D eigenvalue weighted by molar-refractivity contribution is -0.384. The molecule has 1 atom stereocenters. The van der Waals surface area contributed by atoms with E-state index in [4.69, 9.17) is 9.84 Å². The fraction of sp³-hybridized carbons (Fsp3) is 0.562. The number of pyridine rings is 1. The first-order chi connectivity index (χ1) is 13.5. The summed E-state index contributed by atoms with van der Waals surface area (Å²) >= 11 is 1.38. The molecular formula is C16H20N6O5S. The zero-order valence-corrected chi connectivity index (χ0v) is 15.9. The average molecular weight is 408 g/mol. The van der Waals surface area contributed by atoms with Crippen molar-refractivity contribution >= 4 is 44.4 Å². The molecule has 2 aromatic heterocycles. The standard InChI is InChI=1S/C16H20N6O5S/c23-16(24)17-10-2-1-3-21(9-10)14-11(22(25)26)8-12-13(18-14)19-15(28-12)20-4-6-27-7-5-20/h8,10,17H,1-7,9H2,(H,23,24)/t10-/m0/s1. The highest BCUT2D eigenvalue weighted by molar-refractivity contribution is 7.22. The number of ether oxygens (including phenoxy) is 1. The average Bonchev–Trinajstić information content (AvgIpc) is 3.10. The Morgan fingerprint density at radius 1 is 1.32 bits per heavy atom. The maximum absolute atomic E-state index is 11.7. The van der Waals surface area contributed by atoms with Crippen LogP contribution in [0.2, 0.25) is 0 Å². The van der Waals surface area contributed by atoms with Crippen LogP contribution in [0.5, 0.6) is 0 Å². The molecule has 2 fully saturated rings. The van der Waals surface area contributed by atoms with E-state index in [0.717, 1.165) is 24.6 Å². The number of rotatable bonds is 4. The summed E-state index contributed by atoms with van der Waals surface area (Å²) < 4.78 is 6.02. The Morgan fingerprint density at radius 2 is 2.11 bits per heavy atom. The molecule has 1 amide bonds. The van der Waals surface area contributed by atoms with Gasteiger partial charge in [-0.05, 0) is 12.8 Å². The lowest BCUT2D eigenvalue weighted by Crippen LogP contribution is -2.47. The van der Waals surface area contributed by atoms with Gasteiger partial charge in [0.25, 0.3) is 0 Å². The van der Waals surface area contributed by atoms with E-state index in [2.05, 4.69) is 20.2 Å². The lowest BCUT2D eigenvalue weighted by Gasteiger charge is -2.32. The highest BCUT2D eigenvalue weighted by Crippen LogP contribution is 2.36. The van der Waals surface area contributed by atoms with Crippen LogP contribution in [-0.2, 0) is 4.74 Å². The van der Waals surface area contributed by atoms with Crippen molar-refractivity contribution in [2.24, 2.45) is 0 Å². The van der Waals surface area contributed by atoms with E-state index >= 15 is 0 Å². The van der Waals surface area contributed by atoms with Gasteiger partial charge in [0.05, 0.1) is 22.8 Å². The molecule has 0 spiro atoms. The molecule has 2 aliphatic rings. The Bertz CT molecular complexity index is 899. The highest BCUT2D eigenvalue weighted by atomic mass is 32.1. The van der Waals surface area contributed by atoms with E-state index in [1.54, 1.807) is 4.90 Å². The van der Waals surface area contributed by atoms with E-state index in [9.17, 15) is 14.9 Å². The molecule has 4 heterocycles. The summed E-state index contributed by atoms with van der Waals surface area (Å²) in [6, 6.07) is 1.23. The van der Waals surface area contributed by atoms with Gasteiger partial charge in [0, 0.05) is 38.3 Å². The van der Waals surface area contributed by atoms with Gasteiger partial charge in [-0.15, -0.1) is 0 Å². The zero-order chi connectivity index (χ0) is 19.7. The number of nitro groups is 1. The number of hydrogen-bond donors (Lipinski definition) is 2. The normalized spacial score (nSPS) is 20.4. The molecule has 2 saturated heterocycles. The fourth-order valence-electron chi connectivity index (χ4n) is 3.55. The maximum Gasteiger partial charge on any atom is 0.404 e. The van der Waals surface area contributed by atoms with Crippen molar-refractivity contribution in [3.8, 4) is 0 Å². The van der Waals surface area contributed by atoms with Gasteiger partial charge in [0.2, 0.25) is 5.82 Å². The number of nitrogens with zero attached hydrogens (tertiary/aromatic N) is 5. The van der Waals surface area contributed by atoms with Crippen LogP contribution in [0.3, 0.4) is 0 Å². The minimum absolute atomic E-state index is 0.0827. The van der Waals surface area contributed by atoms with Crippen LogP contribution in [-0.4, -0.2) is 71.5 Å². The molecule has 150 valence electrons. The topological polar surface area (TPSA) is 134 Å². The van der Waals surface area contributed by atoms with E-state index in [0.29, 0.717) is 43.1 Å². The summed E-state index contributed by atoms with van der Waals surface area (Å²) in [5.41, 5.74) is 0.390. The van der Waals surface area contributed by atoms with E-state index < -0.39 is 11.0 Å². The van der Waals surface area contributed by atoms with Crippen LogP contribution in [0, 0.1) is 10.1 Å². The van der Waals surface area contributed by atoms with Crippen molar-refractivity contribution in [1.82, 2.24) is 15.3 Å². The number of carbonyl (C=O) groups is 1. The Labute approximate surface area is 164 Å². The number of morpholine rings is 1. The number of thiazole rings is 1. The van der Waals surface area contributed by atoms with Gasteiger partial charge in [0.1, 0.15) is 0 Å². The van der Waals surface area contributed by atoms with Crippen LogP contribution in [0.15, 0.2) is 6.07 Å². The van der Waals surface area contributed by atoms with Crippen molar-refractivity contribution < 1.29 is 19.6 Å². The quantitative estimate of drug-likeness (QED) is 0.572. The lowest BCUT2D eigenvalue weighted by atomic mass is 10.1. The number of hydrogen-bond acceptors (Lipinski definition) is 9. The fourth-order valence-corrected chi connectivity index (χ4v) is 4.55. The summed E-state index contributed by atoms with van der Waals surface area (Å²) in [7, 11) is 0. The summed E-state index contributed by atoms with van der Waals surface area (Å²) in [4.78, 5) is 35.1. The number of anilines is 2. The summed E-state index contributed by atoms with van der Waals surface area (Å²) in [5.74, 6) is 0.244. The molecule has 0 unspecified atom stereocenters. The molecule has 0 aromatic carbocycles. The monoisotopic (exact) mass is 408 g/mol. The van der Waals surface area contributed by atoms with Gasteiger partial charge in [-0.2, -0.15) is 4.98 Å². The molecule has 2 aromatic rings. The number of fused-ring (bicyclic) bond motifs is 1. The largest absolute Gasteiger partial charge is 0.465 e. The Morgan fingerprint density at radius 3 is 2.82 bits per heavy atom. The third kappa shape index (κ3) is 3.78. The molecular weight excluding hydrogens is 388 g/mol. The Kier molecular flexibility index (Phi) is 5.13. The van der Waals surface area contributed by atoms with Crippen LogP contribution in [0.4, 0.5) is 21.4 Å². The van der Waals surface area contributed by atoms with Gasteiger partial charge in [-0.25, -0.2) is 9.78 Å². The van der Waals surface area contributed by atoms with Gasteiger partial charge >= 0.3 is 11.8 Å². The number of carboxylic acid groups (broad SMARTS) is 1. The van der Waals surface area contributed by atoms with E-state index in [1.807, 2.05) is 0 Å². The molecule has 11 nitrogen and oxygen atoms in total. The van der Waals surface area contributed by atoms with Gasteiger partial charge in [-0.3, -0.25) is 10.1 Å². The first-order valence-electron chi connectivity index (χ1n) is 9.04. The molecule has 0 radical (unpaired) electrons. The zero-order valence-electron chi connectivity index (χ0n) is 15.0. The number of aromatic nitrogens is 2. The van der Waals surface area contributed by atoms with Crippen LogP contribution >= 0.6 is 11.3 Å². The van der Waals surface area contributed by atoms with Crippen molar-refractivity contribution in [3.05, 3.63) is 16.2 Å². The number of amides is 1. The second kappa shape index (κ2) is 7.72. The van der Waals surface area contributed by atoms with E-state index in [-0.39, 0.29) is 17.5 Å². The molecule has 0 aliphatic carbocycles. The first kappa shape index (κ1) is 18.6. The van der Waals surface area contributed by atoms with Crippen molar-refractivity contribution in [1.29, 1.82) is 0 Å². The van der Waals surface area contributed by atoms with Crippen LogP contribution in [0.1, 0.15) is 12.8 Å². The molecule has 0 bridgehead atoms. The molecule has 28 heavy (non-hydrogen) atoms. The van der Waals surface area contributed by atoms with Gasteiger partial charge in [-0.1, -0.05) is 11.3 Å². The summed E-state index contributed by atoms with van der Waals surface area (Å²) in [6.07, 6.45) is 0.314. The molecule has 2 N–H and O–H groups in total. The van der Waals surface area contributed by atoms with Crippen LogP contribution in [0.25, 0.3) is 10.3 Å². The third-order valence-electron chi connectivity index (χ3n) is 4.86. The van der Waals surface area contributed by atoms with Crippen molar-refractivity contribution in [2.75, 3.05) is 49.2 Å². The molecule has 0 saturated carbocycles. The summed E-state index contributed by atoms with van der Waals surface area (Å²) in [5, 5.41) is 23.9. The molecule has 2 aliphatic heterocycles. The predicted molar refractivity (Wildman–Crippen MR) is 103 cm³/mol. The Hall–Kier alpha value is -2.73. The predicted octanol–water partition coefficient (Wildman–Crippen LogP) is 1.67. The van der Waals surface area contributed by atoms with Crippen molar-refractivity contribution in [3.63, 3.8) is 0 Å². The van der Waals surface area contributed by atoms with Crippen molar-refractivity contribution in [2.45, 2.75) is 18.9 Å². The van der Waals surface area contributed by atoms with E-state index in [1.165, 1.54) is 17.4 Å². The number of nitrogens with one attached hydrogen (secondary N) is 1. The third-order valence-corrected chi connectivity index (χ3v) is 5.91. The Balaban J connectivity index is 1.67. The van der Waals surface area contributed by atoms with Gasteiger partial charge < -0.3 is 25.0 Å². The smallest absolute Gasteiger partial charge is 0.404 e. The minimum Gasteiger partial charge on any atom is -0.465 e. The second-order valence-electron chi connectivity index (χ2n) is 6.74. The second-order valence-corrected chi connectivity index (χ2v) is 7.75. The highest BCUT2D eigenvalue weighted by Gasteiger charge is 2.29. The minimum atomic E-state index is -1.10.